The first-order valence-electron chi connectivity index (χ1n) is 6.95. The van der Waals surface area contributed by atoms with Gasteiger partial charge in [-0.1, -0.05) is 31.2 Å². The fourth-order valence-electron chi connectivity index (χ4n) is 1.93. The number of aryl methyl sites for hydroxylation is 1. The van der Waals surface area contributed by atoms with Gasteiger partial charge >= 0.3 is 0 Å². The molecule has 0 heterocycles. The SMILES string of the molecule is CCc1cccc(OCCNC(=O)c2ccccc2Br)c1. The molecule has 2 rings (SSSR count). The van der Waals surface area contributed by atoms with Crippen LogP contribution in [0.25, 0.3) is 0 Å². The van der Waals surface area contributed by atoms with Gasteiger partial charge in [0.15, 0.2) is 0 Å². The van der Waals surface area contributed by atoms with E-state index in [2.05, 4.69) is 34.2 Å². The fourth-order valence-corrected chi connectivity index (χ4v) is 2.39. The van der Waals surface area contributed by atoms with Crippen molar-refractivity contribution in [2.75, 3.05) is 13.2 Å². The van der Waals surface area contributed by atoms with E-state index < -0.39 is 0 Å². The number of rotatable bonds is 6. The topological polar surface area (TPSA) is 38.3 Å². The smallest absolute Gasteiger partial charge is 0.252 e. The van der Waals surface area contributed by atoms with Gasteiger partial charge in [-0.05, 0) is 52.2 Å². The lowest BCUT2D eigenvalue weighted by molar-refractivity contribution is 0.0946. The van der Waals surface area contributed by atoms with Crippen molar-refractivity contribution in [3.05, 3.63) is 64.1 Å². The van der Waals surface area contributed by atoms with Crippen molar-refractivity contribution in [3.63, 3.8) is 0 Å². The Hall–Kier alpha value is -1.81. The van der Waals surface area contributed by atoms with Crippen LogP contribution in [0.15, 0.2) is 53.0 Å². The van der Waals surface area contributed by atoms with E-state index >= 15 is 0 Å². The Labute approximate surface area is 133 Å². The zero-order chi connectivity index (χ0) is 15.1. The molecule has 2 aromatic carbocycles. The summed E-state index contributed by atoms with van der Waals surface area (Å²) in [5.74, 6) is 0.734. The highest BCUT2D eigenvalue weighted by atomic mass is 79.9. The van der Waals surface area contributed by atoms with Gasteiger partial charge in [0, 0.05) is 4.47 Å². The summed E-state index contributed by atoms with van der Waals surface area (Å²) in [5.41, 5.74) is 1.87. The average molecular weight is 348 g/mol. The van der Waals surface area contributed by atoms with Crippen LogP contribution in [0.3, 0.4) is 0 Å². The largest absolute Gasteiger partial charge is 0.492 e. The van der Waals surface area contributed by atoms with Crippen LogP contribution in [0.2, 0.25) is 0 Å². The molecule has 0 aliphatic carbocycles. The van der Waals surface area contributed by atoms with Gasteiger partial charge < -0.3 is 10.1 Å². The molecule has 0 fully saturated rings. The van der Waals surface area contributed by atoms with E-state index in [9.17, 15) is 4.79 Å². The first-order chi connectivity index (χ1) is 10.2. The molecule has 0 aromatic heterocycles. The number of benzene rings is 2. The molecule has 4 heteroatoms. The predicted molar refractivity (Wildman–Crippen MR) is 87.8 cm³/mol. The molecule has 0 saturated heterocycles. The molecule has 0 bridgehead atoms. The summed E-state index contributed by atoms with van der Waals surface area (Å²) in [5, 5.41) is 2.84. The molecule has 1 N–H and O–H groups in total. The van der Waals surface area contributed by atoms with Crippen LogP contribution in [0.1, 0.15) is 22.8 Å². The number of halogens is 1. The molecular weight excluding hydrogens is 330 g/mol. The third kappa shape index (κ3) is 4.60. The van der Waals surface area contributed by atoms with Gasteiger partial charge in [0.2, 0.25) is 0 Å². The molecule has 0 unspecified atom stereocenters. The number of carbonyl (C=O) groups is 1. The highest BCUT2D eigenvalue weighted by Gasteiger charge is 2.08. The van der Waals surface area contributed by atoms with Gasteiger partial charge in [-0.25, -0.2) is 0 Å². The van der Waals surface area contributed by atoms with Crippen molar-refractivity contribution in [2.24, 2.45) is 0 Å². The number of carbonyl (C=O) groups excluding carboxylic acids is 1. The minimum absolute atomic E-state index is 0.103. The fraction of sp³-hybridized carbons (Fsp3) is 0.235. The van der Waals surface area contributed by atoms with Gasteiger partial charge in [-0.15, -0.1) is 0 Å². The summed E-state index contributed by atoms with van der Waals surface area (Å²) in [6, 6.07) is 15.4. The van der Waals surface area contributed by atoms with Crippen LogP contribution in [-0.4, -0.2) is 19.1 Å². The van der Waals surface area contributed by atoms with E-state index in [1.807, 2.05) is 36.4 Å². The maximum Gasteiger partial charge on any atom is 0.252 e. The monoisotopic (exact) mass is 347 g/mol. The van der Waals surface area contributed by atoms with Crippen LogP contribution in [0.5, 0.6) is 5.75 Å². The minimum Gasteiger partial charge on any atom is -0.492 e. The first kappa shape index (κ1) is 15.6. The molecule has 0 spiro atoms. The van der Waals surface area contributed by atoms with E-state index in [0.29, 0.717) is 18.7 Å². The second kappa shape index (κ2) is 7.84. The molecule has 1 amide bonds. The third-order valence-electron chi connectivity index (χ3n) is 3.08. The Bertz CT molecular complexity index is 613. The van der Waals surface area contributed by atoms with Crippen molar-refractivity contribution in [2.45, 2.75) is 13.3 Å². The standard InChI is InChI=1S/C17H18BrNO2/c1-2-13-6-5-7-14(12-13)21-11-10-19-17(20)15-8-3-4-9-16(15)18/h3-9,12H,2,10-11H2,1H3,(H,19,20). The van der Waals surface area contributed by atoms with Crippen LogP contribution in [-0.2, 0) is 6.42 Å². The van der Waals surface area contributed by atoms with Crippen LogP contribution in [0.4, 0.5) is 0 Å². The molecule has 2 aromatic rings. The van der Waals surface area contributed by atoms with Gasteiger partial charge in [0.1, 0.15) is 12.4 Å². The highest BCUT2D eigenvalue weighted by Crippen LogP contribution is 2.15. The van der Waals surface area contributed by atoms with Crippen molar-refractivity contribution >= 4 is 21.8 Å². The van der Waals surface area contributed by atoms with E-state index in [-0.39, 0.29) is 5.91 Å². The molecule has 0 saturated carbocycles. The van der Waals surface area contributed by atoms with E-state index in [1.54, 1.807) is 6.07 Å². The quantitative estimate of drug-likeness (QED) is 0.806. The molecule has 0 aliphatic heterocycles. The summed E-state index contributed by atoms with van der Waals surface area (Å²) in [6.45, 7) is 3.02. The summed E-state index contributed by atoms with van der Waals surface area (Å²) in [6.07, 6.45) is 0.982. The maximum atomic E-state index is 12.0. The molecule has 110 valence electrons. The van der Waals surface area contributed by atoms with Gasteiger partial charge in [0.05, 0.1) is 12.1 Å². The van der Waals surface area contributed by atoms with Crippen molar-refractivity contribution in [1.29, 1.82) is 0 Å². The summed E-state index contributed by atoms with van der Waals surface area (Å²) in [4.78, 5) is 12.0. The normalized spacial score (nSPS) is 10.2. The molecular formula is C17H18BrNO2. The lowest BCUT2D eigenvalue weighted by Gasteiger charge is -2.09. The average Bonchev–Trinajstić information content (AvgIpc) is 2.52. The molecule has 0 radical (unpaired) electrons. The number of hydrogen-bond donors (Lipinski definition) is 1. The van der Waals surface area contributed by atoms with E-state index in [0.717, 1.165) is 16.6 Å². The van der Waals surface area contributed by atoms with E-state index in [1.165, 1.54) is 5.56 Å². The number of hydrogen-bond acceptors (Lipinski definition) is 2. The Morgan fingerprint density at radius 1 is 1.19 bits per heavy atom. The van der Waals surface area contributed by atoms with Crippen LogP contribution >= 0.6 is 15.9 Å². The molecule has 0 atom stereocenters. The molecule has 3 nitrogen and oxygen atoms in total. The Balaban J connectivity index is 1.79. The maximum absolute atomic E-state index is 12.0. The number of amides is 1. The van der Waals surface area contributed by atoms with Gasteiger partial charge in [-0.3, -0.25) is 4.79 Å². The zero-order valence-electron chi connectivity index (χ0n) is 11.9. The van der Waals surface area contributed by atoms with Crippen molar-refractivity contribution < 1.29 is 9.53 Å². The van der Waals surface area contributed by atoms with Gasteiger partial charge in [-0.2, -0.15) is 0 Å². The summed E-state index contributed by atoms with van der Waals surface area (Å²) in [7, 11) is 0. The summed E-state index contributed by atoms with van der Waals surface area (Å²) >= 11 is 3.37. The second-order valence-electron chi connectivity index (χ2n) is 4.59. The molecule has 21 heavy (non-hydrogen) atoms. The van der Waals surface area contributed by atoms with Crippen LogP contribution in [0, 0.1) is 0 Å². The highest BCUT2D eigenvalue weighted by molar-refractivity contribution is 9.10. The summed E-state index contributed by atoms with van der Waals surface area (Å²) < 4.78 is 6.43. The lowest BCUT2D eigenvalue weighted by atomic mass is 10.2. The second-order valence-corrected chi connectivity index (χ2v) is 5.44. The zero-order valence-corrected chi connectivity index (χ0v) is 13.5. The number of nitrogens with one attached hydrogen (secondary N) is 1. The van der Waals surface area contributed by atoms with Crippen molar-refractivity contribution in [3.8, 4) is 5.75 Å². The molecule has 0 aliphatic rings. The van der Waals surface area contributed by atoms with Crippen molar-refractivity contribution in [1.82, 2.24) is 5.32 Å². The predicted octanol–water partition coefficient (Wildman–Crippen LogP) is 3.82. The van der Waals surface area contributed by atoms with Crippen LogP contribution < -0.4 is 10.1 Å². The first-order valence-corrected chi connectivity index (χ1v) is 7.74. The minimum atomic E-state index is -0.103. The third-order valence-corrected chi connectivity index (χ3v) is 3.77. The Morgan fingerprint density at radius 3 is 2.76 bits per heavy atom. The Kier molecular flexibility index (Phi) is 5.81. The van der Waals surface area contributed by atoms with Gasteiger partial charge in [0.25, 0.3) is 5.91 Å². The Morgan fingerprint density at radius 2 is 2.00 bits per heavy atom. The number of ether oxygens (including phenoxy) is 1. The lowest BCUT2D eigenvalue weighted by Crippen LogP contribution is -2.28. The van der Waals surface area contributed by atoms with E-state index in [4.69, 9.17) is 4.74 Å².